The summed E-state index contributed by atoms with van der Waals surface area (Å²) in [6.07, 6.45) is 7.48. The van der Waals surface area contributed by atoms with Crippen LogP contribution in [0.3, 0.4) is 0 Å². The molecule has 2 rings (SSSR count). The zero-order chi connectivity index (χ0) is 15.5. The van der Waals surface area contributed by atoms with Crippen LogP contribution in [0.5, 0.6) is 0 Å². The number of fused-ring (bicyclic) bond motifs is 2. The van der Waals surface area contributed by atoms with E-state index in [4.69, 9.17) is 0 Å². The number of aliphatic hydroxyl groups excluding tert-OH is 1. The molecule has 0 aliphatic heterocycles. The van der Waals surface area contributed by atoms with Crippen molar-refractivity contribution in [1.29, 1.82) is 0 Å². The van der Waals surface area contributed by atoms with Gasteiger partial charge in [-0.3, -0.25) is 14.9 Å². The molecule has 2 aliphatic rings. The minimum absolute atomic E-state index is 0.180. The van der Waals surface area contributed by atoms with Gasteiger partial charge in [0.05, 0.1) is 12.0 Å². The zero-order valence-corrected chi connectivity index (χ0v) is 12.9. The van der Waals surface area contributed by atoms with Gasteiger partial charge >= 0.3 is 0 Å². The van der Waals surface area contributed by atoms with Crippen molar-refractivity contribution in [3.05, 3.63) is 10.1 Å². The first-order valence-electron chi connectivity index (χ1n) is 8.36. The first-order valence-corrected chi connectivity index (χ1v) is 8.36. The van der Waals surface area contributed by atoms with Crippen molar-refractivity contribution >= 4 is 5.78 Å². The molecule has 5 heteroatoms. The highest BCUT2D eigenvalue weighted by molar-refractivity contribution is 5.90. The monoisotopic (exact) mass is 297 g/mol. The molecule has 0 aromatic carbocycles. The third kappa shape index (κ3) is 3.28. The van der Waals surface area contributed by atoms with E-state index in [1.54, 1.807) is 0 Å². The molecular weight excluding hydrogens is 270 g/mol. The molecular formula is C16H27NO4. The summed E-state index contributed by atoms with van der Waals surface area (Å²) in [6.45, 7) is 1.84. The Morgan fingerprint density at radius 3 is 2.33 bits per heavy atom. The Bertz CT molecular complexity index is 398. The van der Waals surface area contributed by atoms with E-state index < -0.39 is 17.6 Å². The lowest BCUT2D eigenvalue weighted by Crippen LogP contribution is -2.58. The molecule has 0 aromatic rings. The average molecular weight is 297 g/mol. The maximum atomic E-state index is 12.8. The molecule has 4 atom stereocenters. The topological polar surface area (TPSA) is 80.4 Å². The van der Waals surface area contributed by atoms with E-state index in [0.717, 1.165) is 38.5 Å². The lowest BCUT2D eigenvalue weighted by Gasteiger charge is -2.39. The number of ketones is 1. The van der Waals surface area contributed by atoms with E-state index in [-0.39, 0.29) is 23.0 Å². The zero-order valence-electron chi connectivity index (χ0n) is 12.9. The second-order valence-corrected chi connectivity index (χ2v) is 6.94. The highest BCUT2D eigenvalue weighted by Crippen LogP contribution is 2.41. The summed E-state index contributed by atoms with van der Waals surface area (Å²) in [6, 6.07) is 0. The van der Waals surface area contributed by atoms with E-state index in [1.807, 2.05) is 6.92 Å². The Kier molecular flexibility index (Phi) is 5.36. The number of nitrogens with zero attached hydrogens (tertiary/aromatic N) is 1. The van der Waals surface area contributed by atoms with Gasteiger partial charge in [-0.05, 0) is 18.8 Å². The molecule has 2 bridgehead atoms. The summed E-state index contributed by atoms with van der Waals surface area (Å²) in [5.74, 6) is -1.03. The molecule has 0 unspecified atom stereocenters. The molecule has 1 N–H and O–H groups in total. The number of hydrogen-bond acceptors (Lipinski definition) is 4. The molecule has 0 radical (unpaired) electrons. The van der Waals surface area contributed by atoms with Gasteiger partial charge in [0.15, 0.2) is 0 Å². The van der Waals surface area contributed by atoms with Crippen LogP contribution >= 0.6 is 0 Å². The van der Waals surface area contributed by atoms with Crippen LogP contribution in [0.25, 0.3) is 0 Å². The summed E-state index contributed by atoms with van der Waals surface area (Å²) >= 11 is 0. The molecule has 2 saturated carbocycles. The molecule has 0 aromatic heterocycles. The molecule has 0 heterocycles. The molecule has 5 nitrogen and oxygen atoms in total. The first kappa shape index (κ1) is 16.4. The number of Topliss-reactive ketones (excluding diaryl/α,β-unsaturated/α-hetero) is 1. The standard InChI is InChI=1S/C16H27NO4/c1-12-11-16(17(20)21)10-8-6-4-2-3-5-7-9-13(14(12)18)15(16)19/h12-14,18H,2-11H2,1H3/t12-,13+,14+,16-/m1/s1. The Balaban J connectivity index is 2.27. The number of rotatable bonds is 1. The normalized spacial score (nSPS) is 39.1. The van der Waals surface area contributed by atoms with Crippen LogP contribution in [-0.2, 0) is 4.79 Å². The molecule has 0 amide bonds. The van der Waals surface area contributed by atoms with Crippen molar-refractivity contribution in [2.45, 2.75) is 82.8 Å². The molecule has 120 valence electrons. The summed E-state index contributed by atoms with van der Waals surface area (Å²) < 4.78 is 0. The van der Waals surface area contributed by atoms with E-state index in [9.17, 15) is 20.0 Å². The van der Waals surface area contributed by atoms with Gasteiger partial charge in [-0.1, -0.05) is 45.4 Å². The maximum absolute atomic E-state index is 12.8. The van der Waals surface area contributed by atoms with Crippen LogP contribution in [0.4, 0.5) is 0 Å². The fourth-order valence-electron chi connectivity index (χ4n) is 4.10. The molecule has 21 heavy (non-hydrogen) atoms. The van der Waals surface area contributed by atoms with E-state index >= 15 is 0 Å². The quantitative estimate of drug-likeness (QED) is 0.595. The van der Waals surface area contributed by atoms with E-state index in [0.29, 0.717) is 12.8 Å². The van der Waals surface area contributed by atoms with Gasteiger partial charge in [-0.2, -0.15) is 0 Å². The van der Waals surface area contributed by atoms with Gasteiger partial charge < -0.3 is 5.11 Å². The van der Waals surface area contributed by atoms with Crippen LogP contribution in [-0.4, -0.2) is 27.5 Å². The lowest BCUT2D eigenvalue weighted by atomic mass is 9.65. The number of nitro groups is 1. The van der Waals surface area contributed by atoms with Crippen LogP contribution in [0, 0.1) is 22.0 Å². The van der Waals surface area contributed by atoms with Gasteiger partial charge in [-0.15, -0.1) is 0 Å². The fourth-order valence-corrected chi connectivity index (χ4v) is 4.10. The van der Waals surface area contributed by atoms with Crippen molar-refractivity contribution in [2.75, 3.05) is 0 Å². The Morgan fingerprint density at radius 2 is 1.71 bits per heavy atom. The minimum Gasteiger partial charge on any atom is -0.392 e. The smallest absolute Gasteiger partial charge is 0.279 e. The predicted octanol–water partition coefficient (Wildman–Crippen LogP) is 3.11. The van der Waals surface area contributed by atoms with E-state index in [1.165, 1.54) is 6.42 Å². The van der Waals surface area contributed by atoms with Crippen LogP contribution in [0.15, 0.2) is 0 Å². The van der Waals surface area contributed by atoms with Crippen molar-refractivity contribution < 1.29 is 14.8 Å². The molecule has 0 saturated heterocycles. The number of carbonyl (C=O) groups excluding carboxylic acids is 1. The van der Waals surface area contributed by atoms with Crippen molar-refractivity contribution in [2.24, 2.45) is 11.8 Å². The van der Waals surface area contributed by atoms with Crippen LogP contribution in [0.1, 0.15) is 71.1 Å². The molecule has 2 fully saturated rings. The van der Waals surface area contributed by atoms with Gasteiger partial charge in [0.2, 0.25) is 5.78 Å². The fraction of sp³-hybridized carbons (Fsp3) is 0.938. The van der Waals surface area contributed by atoms with Crippen LogP contribution < -0.4 is 0 Å². The Morgan fingerprint density at radius 1 is 1.14 bits per heavy atom. The SMILES string of the molecule is C[C@@H]1C[C@]2([N+](=O)[O-])CCCCCCCCC[C@H](C2=O)[C@H]1O. The first-order chi connectivity index (χ1) is 9.99. The largest absolute Gasteiger partial charge is 0.392 e. The summed E-state index contributed by atoms with van der Waals surface area (Å²) in [5.41, 5.74) is -1.44. The maximum Gasteiger partial charge on any atom is 0.279 e. The summed E-state index contributed by atoms with van der Waals surface area (Å²) in [5, 5.41) is 22.0. The third-order valence-electron chi connectivity index (χ3n) is 5.41. The second kappa shape index (κ2) is 6.86. The minimum atomic E-state index is -1.44. The highest BCUT2D eigenvalue weighted by atomic mass is 16.6. The van der Waals surface area contributed by atoms with Gasteiger partial charge in [-0.25, -0.2) is 0 Å². The Labute approximate surface area is 126 Å². The molecule has 0 spiro atoms. The van der Waals surface area contributed by atoms with Crippen molar-refractivity contribution in [1.82, 2.24) is 0 Å². The van der Waals surface area contributed by atoms with Crippen LogP contribution in [0.2, 0.25) is 0 Å². The number of carbonyl (C=O) groups is 1. The predicted molar refractivity (Wildman–Crippen MR) is 79.6 cm³/mol. The molecule has 2 aliphatic carbocycles. The summed E-state index contributed by atoms with van der Waals surface area (Å²) in [7, 11) is 0. The third-order valence-corrected chi connectivity index (χ3v) is 5.41. The highest BCUT2D eigenvalue weighted by Gasteiger charge is 2.58. The van der Waals surface area contributed by atoms with Gasteiger partial charge in [0, 0.05) is 17.8 Å². The second-order valence-electron chi connectivity index (χ2n) is 6.94. The van der Waals surface area contributed by atoms with Gasteiger partial charge in [0.1, 0.15) is 0 Å². The lowest BCUT2D eigenvalue weighted by molar-refractivity contribution is -0.559. The van der Waals surface area contributed by atoms with Gasteiger partial charge in [0.25, 0.3) is 5.54 Å². The summed E-state index contributed by atoms with van der Waals surface area (Å²) in [4.78, 5) is 24.1. The number of aliphatic hydroxyl groups is 1. The van der Waals surface area contributed by atoms with E-state index in [2.05, 4.69) is 0 Å². The van der Waals surface area contributed by atoms with Crippen molar-refractivity contribution in [3.8, 4) is 0 Å². The average Bonchev–Trinajstić information content (AvgIpc) is 2.44. The Hall–Kier alpha value is -0.970. The van der Waals surface area contributed by atoms with Crippen molar-refractivity contribution in [3.63, 3.8) is 0 Å². The number of hydrogen-bond donors (Lipinski definition) is 1.